The van der Waals surface area contributed by atoms with Crippen LogP contribution >= 0.6 is 64.0 Å². The standard InChI is InChI=1S/C10H11Cl3NOPS3/c1-3-15-16(18,14(2)6-17)19-8-5-4-7(11)9(12)10(8)13/h4-6H,3H2,1-2H3. The molecule has 1 unspecified atom stereocenters. The van der Waals surface area contributed by atoms with Crippen LogP contribution in [-0.2, 0) is 16.3 Å². The highest BCUT2D eigenvalue weighted by Crippen LogP contribution is 2.65. The molecule has 106 valence electrons. The molecule has 0 aliphatic heterocycles. The van der Waals surface area contributed by atoms with Crippen LogP contribution in [-0.4, -0.2) is 23.8 Å². The van der Waals surface area contributed by atoms with E-state index in [0.29, 0.717) is 21.7 Å². The van der Waals surface area contributed by atoms with Crippen LogP contribution in [0.15, 0.2) is 17.0 Å². The fourth-order valence-electron chi connectivity index (χ4n) is 1.11. The Morgan fingerprint density at radius 1 is 1.37 bits per heavy atom. The van der Waals surface area contributed by atoms with E-state index in [1.807, 2.05) is 6.92 Å². The highest BCUT2D eigenvalue weighted by molar-refractivity contribution is 8.68. The molecule has 0 saturated heterocycles. The number of benzene rings is 1. The Hall–Kier alpha value is 0.940. The second-order valence-corrected chi connectivity index (χ2v) is 11.4. The first-order valence-corrected chi connectivity index (χ1v) is 10.8. The Morgan fingerprint density at radius 2 is 2.00 bits per heavy atom. The van der Waals surface area contributed by atoms with Crippen molar-refractivity contribution in [2.45, 2.75) is 11.8 Å². The topological polar surface area (TPSA) is 12.5 Å². The summed E-state index contributed by atoms with van der Waals surface area (Å²) >= 11 is 30.0. The lowest BCUT2D eigenvalue weighted by molar-refractivity contribution is 0.369. The van der Waals surface area contributed by atoms with E-state index in [4.69, 9.17) is 63.4 Å². The van der Waals surface area contributed by atoms with Crippen molar-refractivity contribution in [1.82, 2.24) is 4.67 Å². The number of halogens is 3. The second-order valence-electron chi connectivity index (χ2n) is 3.33. The Balaban J connectivity index is 3.14. The van der Waals surface area contributed by atoms with E-state index in [0.717, 1.165) is 4.90 Å². The predicted octanol–water partition coefficient (Wildman–Crippen LogP) is 5.89. The molecule has 0 amide bonds. The minimum absolute atomic E-state index is 0.316. The predicted molar refractivity (Wildman–Crippen MR) is 94.7 cm³/mol. The third-order valence-corrected chi connectivity index (χ3v) is 10.3. The van der Waals surface area contributed by atoms with Crippen LogP contribution in [0, 0.1) is 0 Å². The zero-order chi connectivity index (χ0) is 14.6. The summed E-state index contributed by atoms with van der Waals surface area (Å²) in [5.41, 5.74) is -0.876. The minimum atomic E-state index is -2.36. The van der Waals surface area contributed by atoms with Crippen LogP contribution in [0.5, 0.6) is 0 Å². The lowest BCUT2D eigenvalue weighted by atomic mass is 10.4. The first-order chi connectivity index (χ1) is 8.85. The smallest absolute Gasteiger partial charge is 0.217 e. The quantitative estimate of drug-likeness (QED) is 0.338. The molecule has 0 radical (unpaired) electrons. The van der Waals surface area contributed by atoms with E-state index in [2.05, 4.69) is 0 Å². The molecule has 0 heterocycles. The van der Waals surface area contributed by atoms with Crippen molar-refractivity contribution >= 4 is 81.3 Å². The summed E-state index contributed by atoms with van der Waals surface area (Å²) in [6.07, 6.45) is 0. The molecular formula is C10H11Cl3NOPS3. The highest BCUT2D eigenvalue weighted by atomic mass is 35.5. The van der Waals surface area contributed by atoms with E-state index in [-0.39, 0.29) is 0 Å². The van der Waals surface area contributed by atoms with E-state index in [9.17, 15) is 0 Å². The molecule has 0 fully saturated rings. The number of rotatable bonds is 6. The second kappa shape index (κ2) is 7.81. The number of hydrogen-bond acceptors (Lipinski definition) is 4. The molecule has 0 aromatic heterocycles. The third kappa shape index (κ3) is 4.45. The maximum atomic E-state index is 6.18. The van der Waals surface area contributed by atoms with Crippen molar-refractivity contribution < 1.29 is 4.52 Å². The molecule has 9 heteroatoms. The van der Waals surface area contributed by atoms with Gasteiger partial charge in [-0.15, -0.1) is 0 Å². The molecule has 0 spiro atoms. The van der Waals surface area contributed by atoms with Gasteiger partial charge in [-0.25, -0.2) is 0 Å². The van der Waals surface area contributed by atoms with Gasteiger partial charge in [-0.3, -0.25) is 0 Å². The first-order valence-electron chi connectivity index (χ1n) is 5.12. The molecule has 2 nitrogen and oxygen atoms in total. The van der Waals surface area contributed by atoms with Gasteiger partial charge in [-0.05, 0) is 42.2 Å². The normalized spacial score (nSPS) is 13.9. The molecule has 1 atom stereocenters. The Morgan fingerprint density at radius 3 is 2.53 bits per heavy atom. The van der Waals surface area contributed by atoms with Crippen molar-refractivity contribution in [1.29, 1.82) is 0 Å². The molecule has 0 N–H and O–H groups in total. The SMILES string of the molecule is CCOP(=S)(Sc1ccc(Cl)c(Cl)c1Cl)N(C)C=S. The molecule has 1 aromatic rings. The summed E-state index contributed by atoms with van der Waals surface area (Å²) in [6, 6.07) is 3.46. The lowest BCUT2D eigenvalue weighted by Crippen LogP contribution is -2.11. The zero-order valence-corrected chi connectivity index (χ0v) is 15.7. The summed E-state index contributed by atoms with van der Waals surface area (Å²) in [5, 5.41) is 1.10. The summed E-state index contributed by atoms with van der Waals surface area (Å²) in [6.45, 7) is 2.38. The van der Waals surface area contributed by atoms with Gasteiger partial charge >= 0.3 is 0 Å². The van der Waals surface area contributed by atoms with Crippen molar-refractivity contribution in [2.75, 3.05) is 13.7 Å². The van der Waals surface area contributed by atoms with Crippen molar-refractivity contribution in [2.24, 2.45) is 0 Å². The van der Waals surface area contributed by atoms with Gasteiger partial charge in [0.1, 0.15) is 0 Å². The van der Waals surface area contributed by atoms with Crippen LogP contribution in [0.25, 0.3) is 0 Å². The molecular weight excluding hydrogens is 384 g/mol. The molecule has 1 aromatic carbocycles. The maximum Gasteiger partial charge on any atom is 0.217 e. The van der Waals surface area contributed by atoms with E-state index < -0.39 is 5.62 Å². The largest absolute Gasteiger partial charge is 0.326 e. The average molecular weight is 395 g/mol. The summed E-state index contributed by atoms with van der Waals surface area (Å²) in [4.78, 5) is 0.733. The zero-order valence-electron chi connectivity index (χ0n) is 10.1. The van der Waals surface area contributed by atoms with Crippen molar-refractivity contribution in [3.8, 4) is 0 Å². The number of thiocarbonyl (C=S) groups is 1. The molecule has 0 bridgehead atoms. The van der Waals surface area contributed by atoms with Crippen LogP contribution in [0.1, 0.15) is 6.92 Å². The van der Waals surface area contributed by atoms with Gasteiger partial charge in [-0.2, -0.15) is 0 Å². The molecule has 0 aliphatic rings. The lowest BCUT2D eigenvalue weighted by Gasteiger charge is -2.28. The van der Waals surface area contributed by atoms with Crippen molar-refractivity contribution in [3.63, 3.8) is 0 Å². The number of hydrogen-bond donors (Lipinski definition) is 0. The maximum absolute atomic E-state index is 6.18. The first kappa shape index (κ1) is 18.0. The van der Waals surface area contributed by atoms with Crippen LogP contribution in [0.3, 0.4) is 0 Å². The monoisotopic (exact) mass is 393 g/mol. The van der Waals surface area contributed by atoms with Crippen LogP contribution in [0.4, 0.5) is 0 Å². The van der Waals surface area contributed by atoms with Crippen LogP contribution in [0.2, 0.25) is 15.1 Å². The minimum Gasteiger partial charge on any atom is -0.326 e. The van der Waals surface area contributed by atoms with Crippen LogP contribution < -0.4 is 0 Å². The number of nitrogens with zero attached hydrogens (tertiary/aromatic N) is 1. The van der Waals surface area contributed by atoms with Gasteiger partial charge in [-0.1, -0.05) is 47.0 Å². The molecule has 0 aliphatic carbocycles. The van der Waals surface area contributed by atoms with Gasteiger partial charge < -0.3 is 9.19 Å². The van der Waals surface area contributed by atoms with Gasteiger partial charge in [0.15, 0.2) is 0 Å². The van der Waals surface area contributed by atoms with Gasteiger partial charge in [0, 0.05) is 11.9 Å². The average Bonchev–Trinajstić information content (AvgIpc) is 2.39. The Labute approximate surface area is 142 Å². The fourth-order valence-corrected chi connectivity index (χ4v) is 7.48. The third-order valence-electron chi connectivity index (χ3n) is 2.04. The molecule has 1 rings (SSSR count). The Kier molecular flexibility index (Phi) is 7.39. The fraction of sp³-hybridized carbons (Fsp3) is 0.300. The summed E-state index contributed by atoms with van der Waals surface area (Å²) < 4.78 is 7.42. The summed E-state index contributed by atoms with van der Waals surface area (Å²) in [5.74, 6) is 0. The summed E-state index contributed by atoms with van der Waals surface area (Å²) in [7, 11) is 1.79. The highest BCUT2D eigenvalue weighted by Gasteiger charge is 2.25. The van der Waals surface area contributed by atoms with E-state index in [1.54, 1.807) is 23.9 Å². The molecule has 19 heavy (non-hydrogen) atoms. The Bertz CT molecular complexity index is 529. The van der Waals surface area contributed by atoms with Gasteiger partial charge in [0.25, 0.3) is 0 Å². The van der Waals surface area contributed by atoms with Gasteiger partial charge in [0.2, 0.25) is 5.62 Å². The van der Waals surface area contributed by atoms with Crippen molar-refractivity contribution in [3.05, 3.63) is 27.2 Å². The van der Waals surface area contributed by atoms with E-state index >= 15 is 0 Å². The van der Waals surface area contributed by atoms with E-state index in [1.165, 1.54) is 16.9 Å². The van der Waals surface area contributed by atoms with Gasteiger partial charge in [0.05, 0.1) is 27.2 Å². The molecule has 0 saturated carbocycles.